The highest BCUT2D eigenvalue weighted by molar-refractivity contribution is 9.10. The predicted octanol–water partition coefficient (Wildman–Crippen LogP) is 3.37. The molecular formula is C13H11BrN2O2. The Morgan fingerprint density at radius 2 is 2.00 bits per heavy atom. The number of rotatable bonds is 3. The van der Waals surface area contributed by atoms with E-state index in [1.807, 2.05) is 24.3 Å². The van der Waals surface area contributed by atoms with Gasteiger partial charge in [-0.2, -0.15) is 0 Å². The van der Waals surface area contributed by atoms with Crippen molar-refractivity contribution in [2.75, 3.05) is 12.4 Å². The summed E-state index contributed by atoms with van der Waals surface area (Å²) in [7, 11) is 1.35. The smallest absolute Gasteiger partial charge is 0.338 e. The third-order valence-electron chi connectivity index (χ3n) is 2.30. The van der Waals surface area contributed by atoms with Gasteiger partial charge in [0.1, 0.15) is 5.82 Å². The molecule has 0 saturated carbocycles. The van der Waals surface area contributed by atoms with E-state index >= 15 is 0 Å². The second kappa shape index (κ2) is 5.64. The highest BCUT2D eigenvalue weighted by Crippen LogP contribution is 2.18. The Morgan fingerprint density at radius 3 is 2.67 bits per heavy atom. The monoisotopic (exact) mass is 306 g/mol. The summed E-state index contributed by atoms with van der Waals surface area (Å²) in [5, 5.41) is 3.11. The molecule has 5 heteroatoms. The second-order valence-electron chi connectivity index (χ2n) is 3.55. The Hall–Kier alpha value is -1.88. The number of hydrogen-bond donors (Lipinski definition) is 1. The number of aromatic nitrogens is 1. The lowest BCUT2D eigenvalue weighted by molar-refractivity contribution is 0.0600. The number of carbonyl (C=O) groups is 1. The zero-order valence-corrected chi connectivity index (χ0v) is 11.3. The van der Waals surface area contributed by atoms with E-state index in [-0.39, 0.29) is 5.97 Å². The van der Waals surface area contributed by atoms with Gasteiger partial charge in [-0.25, -0.2) is 9.78 Å². The van der Waals surface area contributed by atoms with Gasteiger partial charge in [0.05, 0.1) is 12.7 Å². The van der Waals surface area contributed by atoms with Gasteiger partial charge in [0.25, 0.3) is 0 Å². The molecule has 0 saturated heterocycles. The van der Waals surface area contributed by atoms with Crippen LogP contribution in [0.4, 0.5) is 11.5 Å². The van der Waals surface area contributed by atoms with Crippen LogP contribution in [0.2, 0.25) is 0 Å². The summed E-state index contributed by atoms with van der Waals surface area (Å²) in [5.74, 6) is 0.219. The van der Waals surface area contributed by atoms with E-state index < -0.39 is 0 Å². The van der Waals surface area contributed by atoms with Crippen molar-refractivity contribution in [1.29, 1.82) is 0 Å². The molecule has 1 aromatic carbocycles. The highest BCUT2D eigenvalue weighted by atomic mass is 79.9. The molecule has 0 aliphatic rings. The zero-order chi connectivity index (χ0) is 13.0. The fraction of sp³-hybridized carbons (Fsp3) is 0.0769. The lowest BCUT2D eigenvalue weighted by atomic mass is 10.2. The van der Waals surface area contributed by atoms with Crippen molar-refractivity contribution >= 4 is 33.4 Å². The maximum atomic E-state index is 11.4. The second-order valence-corrected chi connectivity index (χ2v) is 4.47. The van der Waals surface area contributed by atoms with Crippen LogP contribution in [-0.2, 0) is 4.74 Å². The van der Waals surface area contributed by atoms with E-state index in [1.54, 1.807) is 18.3 Å². The van der Waals surface area contributed by atoms with Gasteiger partial charge >= 0.3 is 5.97 Å². The Balaban J connectivity index is 2.19. The van der Waals surface area contributed by atoms with Crippen molar-refractivity contribution in [2.45, 2.75) is 0 Å². The van der Waals surface area contributed by atoms with Gasteiger partial charge in [-0.15, -0.1) is 0 Å². The fourth-order valence-corrected chi connectivity index (χ4v) is 1.69. The normalized spacial score (nSPS) is 9.89. The van der Waals surface area contributed by atoms with Crippen LogP contribution in [0.1, 0.15) is 10.4 Å². The van der Waals surface area contributed by atoms with E-state index in [1.165, 1.54) is 7.11 Å². The van der Waals surface area contributed by atoms with Gasteiger partial charge in [-0.1, -0.05) is 15.9 Å². The first kappa shape index (κ1) is 12.6. The minimum Gasteiger partial charge on any atom is -0.465 e. The molecule has 0 aliphatic heterocycles. The summed E-state index contributed by atoms with van der Waals surface area (Å²) < 4.78 is 5.66. The van der Waals surface area contributed by atoms with Crippen molar-refractivity contribution in [3.05, 3.63) is 52.6 Å². The molecule has 0 bridgehead atoms. The molecule has 1 aromatic heterocycles. The van der Waals surface area contributed by atoms with Gasteiger partial charge in [-0.05, 0) is 36.4 Å². The van der Waals surface area contributed by atoms with Crippen LogP contribution >= 0.6 is 15.9 Å². The van der Waals surface area contributed by atoms with Gasteiger partial charge in [0.15, 0.2) is 0 Å². The predicted molar refractivity (Wildman–Crippen MR) is 73.0 cm³/mol. The van der Waals surface area contributed by atoms with E-state index in [0.29, 0.717) is 11.4 Å². The number of benzene rings is 1. The van der Waals surface area contributed by atoms with Crippen LogP contribution in [0.3, 0.4) is 0 Å². The molecule has 0 radical (unpaired) electrons. The van der Waals surface area contributed by atoms with Crippen LogP contribution in [0.25, 0.3) is 0 Å². The van der Waals surface area contributed by atoms with Crippen molar-refractivity contribution in [1.82, 2.24) is 4.98 Å². The first-order valence-electron chi connectivity index (χ1n) is 5.26. The van der Waals surface area contributed by atoms with Gasteiger partial charge in [0, 0.05) is 16.4 Å². The topological polar surface area (TPSA) is 51.2 Å². The first-order valence-corrected chi connectivity index (χ1v) is 6.05. The quantitative estimate of drug-likeness (QED) is 0.883. The maximum absolute atomic E-state index is 11.4. The number of nitrogens with one attached hydrogen (secondary N) is 1. The molecule has 2 rings (SSSR count). The Morgan fingerprint density at radius 1 is 1.28 bits per heavy atom. The number of methoxy groups -OCH3 is 1. The number of anilines is 2. The summed E-state index contributed by atoms with van der Waals surface area (Å²) in [5.41, 5.74) is 1.36. The van der Waals surface area contributed by atoms with E-state index in [4.69, 9.17) is 0 Å². The molecule has 18 heavy (non-hydrogen) atoms. The lowest BCUT2D eigenvalue weighted by Gasteiger charge is -2.06. The lowest BCUT2D eigenvalue weighted by Crippen LogP contribution is -2.02. The number of carbonyl (C=O) groups excluding carboxylic acids is 1. The molecule has 0 spiro atoms. The first-order chi connectivity index (χ1) is 8.69. The van der Waals surface area contributed by atoms with Crippen molar-refractivity contribution < 1.29 is 9.53 Å². The number of pyridine rings is 1. The molecular weight excluding hydrogens is 296 g/mol. The zero-order valence-electron chi connectivity index (χ0n) is 9.68. The number of hydrogen-bond acceptors (Lipinski definition) is 4. The summed E-state index contributed by atoms with van der Waals surface area (Å²) in [6.07, 6.45) is 1.56. The summed E-state index contributed by atoms with van der Waals surface area (Å²) in [4.78, 5) is 15.5. The van der Waals surface area contributed by atoms with Crippen molar-refractivity contribution in [3.63, 3.8) is 0 Å². The van der Waals surface area contributed by atoms with Gasteiger partial charge in [-0.3, -0.25) is 0 Å². The number of halogens is 1. The number of nitrogens with zero attached hydrogens (tertiary/aromatic N) is 1. The number of ether oxygens (including phenoxy) is 1. The molecule has 4 nitrogen and oxygen atoms in total. The van der Waals surface area contributed by atoms with Crippen LogP contribution < -0.4 is 5.32 Å². The minimum atomic E-state index is -0.378. The molecule has 1 heterocycles. The molecule has 0 unspecified atom stereocenters. The molecule has 1 N–H and O–H groups in total. The van der Waals surface area contributed by atoms with Gasteiger partial charge < -0.3 is 10.1 Å². The standard InChI is InChI=1S/C13H11BrN2O2/c1-18-13(17)9-6-7-15-12(8-9)16-11-4-2-10(14)3-5-11/h2-8H,1H3,(H,15,16). The third-order valence-corrected chi connectivity index (χ3v) is 2.83. The molecule has 0 amide bonds. The fourth-order valence-electron chi connectivity index (χ4n) is 1.42. The number of esters is 1. The molecule has 0 aliphatic carbocycles. The van der Waals surface area contributed by atoms with Crippen molar-refractivity contribution in [3.8, 4) is 0 Å². The average molecular weight is 307 g/mol. The molecule has 0 fully saturated rings. The Kier molecular flexibility index (Phi) is 3.94. The Labute approximate surface area is 113 Å². The summed E-state index contributed by atoms with van der Waals surface area (Å²) >= 11 is 3.37. The average Bonchev–Trinajstić information content (AvgIpc) is 2.41. The SMILES string of the molecule is COC(=O)c1ccnc(Nc2ccc(Br)cc2)c1. The minimum absolute atomic E-state index is 0.378. The van der Waals surface area contributed by atoms with Crippen LogP contribution in [0.5, 0.6) is 0 Å². The highest BCUT2D eigenvalue weighted by Gasteiger charge is 2.06. The molecule has 2 aromatic rings. The molecule has 92 valence electrons. The Bertz CT molecular complexity index is 555. The van der Waals surface area contributed by atoms with Gasteiger partial charge in [0.2, 0.25) is 0 Å². The largest absolute Gasteiger partial charge is 0.465 e. The van der Waals surface area contributed by atoms with Crippen molar-refractivity contribution in [2.24, 2.45) is 0 Å². The van der Waals surface area contributed by atoms with Crippen LogP contribution in [0.15, 0.2) is 47.1 Å². The summed E-state index contributed by atoms with van der Waals surface area (Å²) in [6, 6.07) is 10.9. The van der Waals surface area contributed by atoms with E-state index in [0.717, 1.165) is 10.2 Å². The molecule has 0 atom stereocenters. The third kappa shape index (κ3) is 3.07. The van der Waals surface area contributed by atoms with Crippen LogP contribution in [-0.4, -0.2) is 18.1 Å². The van der Waals surface area contributed by atoms with E-state index in [9.17, 15) is 4.79 Å². The van der Waals surface area contributed by atoms with E-state index in [2.05, 4.69) is 31.0 Å². The maximum Gasteiger partial charge on any atom is 0.338 e. The summed E-state index contributed by atoms with van der Waals surface area (Å²) in [6.45, 7) is 0. The van der Waals surface area contributed by atoms with Crippen LogP contribution in [0, 0.1) is 0 Å².